The molecule has 2 aromatic rings. The number of anilines is 1. The number of rotatable bonds is 6. The molecule has 0 atom stereocenters. The Balaban J connectivity index is 2.08. The van der Waals surface area contributed by atoms with E-state index in [4.69, 9.17) is 0 Å². The predicted octanol–water partition coefficient (Wildman–Crippen LogP) is 3.17. The monoisotopic (exact) mass is 311 g/mol. The fraction of sp³-hybridized carbons (Fsp3) is 0.278. The van der Waals surface area contributed by atoms with Gasteiger partial charge in [0.25, 0.3) is 11.8 Å². The summed E-state index contributed by atoms with van der Waals surface area (Å²) >= 11 is 0. The third-order valence-corrected chi connectivity index (χ3v) is 3.42. The van der Waals surface area contributed by atoms with E-state index in [1.807, 2.05) is 31.2 Å². The van der Waals surface area contributed by atoms with Crippen LogP contribution >= 0.6 is 0 Å². The minimum absolute atomic E-state index is 0.219. The second kappa shape index (κ2) is 8.08. The van der Waals surface area contributed by atoms with Gasteiger partial charge in [-0.15, -0.1) is 0 Å². The lowest BCUT2D eigenvalue weighted by atomic mass is 10.2. The second-order valence-corrected chi connectivity index (χ2v) is 5.29. The molecule has 0 saturated heterocycles. The topological polar surface area (TPSA) is 71.1 Å². The molecule has 23 heavy (non-hydrogen) atoms. The summed E-state index contributed by atoms with van der Waals surface area (Å²) in [5.74, 6) is -0.591. The molecule has 1 heterocycles. The van der Waals surface area contributed by atoms with Gasteiger partial charge >= 0.3 is 0 Å². The molecule has 0 radical (unpaired) electrons. The number of pyridine rings is 1. The van der Waals surface area contributed by atoms with E-state index in [9.17, 15) is 9.59 Å². The van der Waals surface area contributed by atoms with E-state index in [2.05, 4.69) is 22.5 Å². The number of nitrogens with one attached hydrogen (secondary N) is 2. The highest BCUT2D eigenvalue weighted by atomic mass is 16.2. The lowest BCUT2D eigenvalue weighted by Crippen LogP contribution is -2.26. The number of hydrogen-bond acceptors (Lipinski definition) is 3. The van der Waals surface area contributed by atoms with Gasteiger partial charge in [-0.25, -0.2) is 4.98 Å². The number of aryl methyl sites for hydroxylation is 1. The van der Waals surface area contributed by atoms with Gasteiger partial charge in [-0.05, 0) is 37.1 Å². The summed E-state index contributed by atoms with van der Waals surface area (Å²) < 4.78 is 0. The lowest BCUT2D eigenvalue weighted by Gasteiger charge is -2.08. The molecule has 0 bridgehead atoms. The Morgan fingerprint density at radius 2 is 1.70 bits per heavy atom. The Kier molecular flexibility index (Phi) is 5.86. The van der Waals surface area contributed by atoms with Crippen LogP contribution in [0.2, 0.25) is 0 Å². The van der Waals surface area contributed by atoms with Crippen LogP contribution in [0.1, 0.15) is 46.3 Å². The van der Waals surface area contributed by atoms with Crippen molar-refractivity contribution < 1.29 is 9.59 Å². The van der Waals surface area contributed by atoms with Crippen molar-refractivity contribution in [1.82, 2.24) is 10.3 Å². The highest BCUT2D eigenvalue weighted by Gasteiger charge is 2.12. The van der Waals surface area contributed by atoms with E-state index < -0.39 is 0 Å². The van der Waals surface area contributed by atoms with Gasteiger partial charge in [0.15, 0.2) is 0 Å². The number of aromatic nitrogens is 1. The van der Waals surface area contributed by atoms with Gasteiger partial charge in [0, 0.05) is 12.2 Å². The first-order valence-corrected chi connectivity index (χ1v) is 7.74. The van der Waals surface area contributed by atoms with Gasteiger partial charge in [0.1, 0.15) is 11.4 Å². The standard InChI is InChI=1S/C18H21N3O2/c1-3-4-12-19-17(22)15-10-7-11-16(20-15)18(23)21-14-9-6-5-8-13(14)2/h5-11H,3-4,12H2,1-2H3,(H,19,22)(H,21,23). The van der Waals surface area contributed by atoms with Crippen LogP contribution in [0.4, 0.5) is 5.69 Å². The summed E-state index contributed by atoms with van der Waals surface area (Å²) in [4.78, 5) is 28.5. The first kappa shape index (κ1) is 16.7. The number of carbonyl (C=O) groups is 2. The zero-order chi connectivity index (χ0) is 16.7. The number of nitrogens with zero attached hydrogens (tertiary/aromatic N) is 1. The Bertz CT molecular complexity index is 698. The maximum absolute atomic E-state index is 12.3. The first-order chi connectivity index (χ1) is 11.1. The average molecular weight is 311 g/mol. The first-order valence-electron chi connectivity index (χ1n) is 7.74. The van der Waals surface area contributed by atoms with Crippen molar-refractivity contribution in [3.05, 3.63) is 59.4 Å². The maximum Gasteiger partial charge on any atom is 0.274 e. The summed E-state index contributed by atoms with van der Waals surface area (Å²) in [5.41, 5.74) is 2.17. The molecule has 0 saturated carbocycles. The molecule has 0 spiro atoms. The Labute approximate surface area is 136 Å². The van der Waals surface area contributed by atoms with Crippen molar-refractivity contribution in [3.63, 3.8) is 0 Å². The zero-order valence-electron chi connectivity index (χ0n) is 13.4. The minimum Gasteiger partial charge on any atom is -0.351 e. The molecule has 5 heteroatoms. The van der Waals surface area contributed by atoms with Gasteiger partial charge in [0.2, 0.25) is 0 Å². The van der Waals surface area contributed by atoms with Crippen molar-refractivity contribution in [2.75, 3.05) is 11.9 Å². The van der Waals surface area contributed by atoms with Crippen LogP contribution in [-0.4, -0.2) is 23.3 Å². The molecule has 0 unspecified atom stereocenters. The average Bonchev–Trinajstić information content (AvgIpc) is 2.57. The molecule has 0 fully saturated rings. The Morgan fingerprint density at radius 1 is 1.00 bits per heavy atom. The van der Waals surface area contributed by atoms with Gasteiger partial charge in [-0.3, -0.25) is 9.59 Å². The molecule has 5 nitrogen and oxygen atoms in total. The van der Waals surface area contributed by atoms with Crippen molar-refractivity contribution in [2.24, 2.45) is 0 Å². The van der Waals surface area contributed by atoms with Gasteiger partial charge in [-0.2, -0.15) is 0 Å². The quantitative estimate of drug-likeness (QED) is 0.805. The van der Waals surface area contributed by atoms with Crippen LogP contribution in [0.15, 0.2) is 42.5 Å². The fourth-order valence-electron chi connectivity index (χ4n) is 2.06. The van der Waals surface area contributed by atoms with Gasteiger partial charge in [0.05, 0.1) is 0 Å². The number of amides is 2. The molecule has 0 aliphatic rings. The van der Waals surface area contributed by atoms with Crippen LogP contribution < -0.4 is 10.6 Å². The molecular weight excluding hydrogens is 290 g/mol. The summed E-state index contributed by atoms with van der Waals surface area (Å²) in [6.45, 7) is 4.58. The highest BCUT2D eigenvalue weighted by Crippen LogP contribution is 2.14. The summed E-state index contributed by atoms with van der Waals surface area (Å²) in [7, 11) is 0. The van der Waals surface area contributed by atoms with E-state index in [0.29, 0.717) is 6.54 Å². The van der Waals surface area contributed by atoms with Crippen LogP contribution in [0.25, 0.3) is 0 Å². The summed E-state index contributed by atoms with van der Waals surface area (Å²) in [6, 6.07) is 12.4. The smallest absolute Gasteiger partial charge is 0.274 e. The third kappa shape index (κ3) is 4.64. The van der Waals surface area contributed by atoms with Crippen LogP contribution in [0.5, 0.6) is 0 Å². The van der Waals surface area contributed by atoms with Crippen LogP contribution in [0.3, 0.4) is 0 Å². The minimum atomic E-state index is -0.331. The molecule has 1 aromatic heterocycles. The van der Waals surface area contributed by atoms with E-state index in [1.54, 1.807) is 18.2 Å². The number of para-hydroxylation sites is 1. The van der Waals surface area contributed by atoms with Crippen molar-refractivity contribution >= 4 is 17.5 Å². The van der Waals surface area contributed by atoms with Crippen LogP contribution in [-0.2, 0) is 0 Å². The van der Waals surface area contributed by atoms with E-state index in [1.165, 1.54) is 0 Å². The SMILES string of the molecule is CCCCNC(=O)c1cccc(C(=O)Nc2ccccc2C)n1. The normalized spacial score (nSPS) is 10.2. The van der Waals surface area contributed by atoms with Gasteiger partial charge < -0.3 is 10.6 Å². The molecule has 0 aliphatic carbocycles. The third-order valence-electron chi connectivity index (χ3n) is 3.42. The molecular formula is C18H21N3O2. The molecule has 0 aliphatic heterocycles. The molecule has 2 rings (SSSR count). The molecule has 2 N–H and O–H groups in total. The van der Waals surface area contributed by atoms with Crippen molar-refractivity contribution in [1.29, 1.82) is 0 Å². The molecule has 120 valence electrons. The van der Waals surface area contributed by atoms with E-state index >= 15 is 0 Å². The molecule has 1 aromatic carbocycles. The predicted molar refractivity (Wildman–Crippen MR) is 90.6 cm³/mol. The van der Waals surface area contributed by atoms with E-state index in [0.717, 1.165) is 24.1 Å². The second-order valence-electron chi connectivity index (χ2n) is 5.29. The Hall–Kier alpha value is -2.69. The van der Waals surface area contributed by atoms with E-state index in [-0.39, 0.29) is 23.2 Å². The number of unbranched alkanes of at least 4 members (excludes halogenated alkanes) is 1. The summed E-state index contributed by atoms with van der Waals surface area (Å²) in [6.07, 6.45) is 1.92. The number of hydrogen-bond donors (Lipinski definition) is 2. The zero-order valence-corrected chi connectivity index (χ0v) is 13.4. The fourth-order valence-corrected chi connectivity index (χ4v) is 2.06. The largest absolute Gasteiger partial charge is 0.351 e. The number of benzene rings is 1. The molecule has 2 amide bonds. The lowest BCUT2D eigenvalue weighted by molar-refractivity contribution is 0.0948. The number of carbonyl (C=O) groups excluding carboxylic acids is 2. The summed E-state index contributed by atoms with van der Waals surface area (Å²) in [5, 5.41) is 5.60. The van der Waals surface area contributed by atoms with Crippen molar-refractivity contribution in [3.8, 4) is 0 Å². The Morgan fingerprint density at radius 3 is 2.39 bits per heavy atom. The maximum atomic E-state index is 12.3. The van der Waals surface area contributed by atoms with Crippen LogP contribution in [0, 0.1) is 6.92 Å². The highest BCUT2D eigenvalue weighted by molar-refractivity contribution is 6.04. The van der Waals surface area contributed by atoms with Gasteiger partial charge in [-0.1, -0.05) is 37.6 Å². The van der Waals surface area contributed by atoms with Crippen molar-refractivity contribution in [2.45, 2.75) is 26.7 Å².